The Morgan fingerprint density at radius 2 is 2.12 bits per heavy atom. The summed E-state index contributed by atoms with van der Waals surface area (Å²) >= 11 is 0. The number of fused-ring (bicyclic) bond motifs is 2. The minimum Gasteiger partial charge on any atom is -0.479 e. The summed E-state index contributed by atoms with van der Waals surface area (Å²) in [5, 5.41) is 13.1. The molecule has 25 heavy (non-hydrogen) atoms. The Morgan fingerprint density at radius 1 is 1.28 bits per heavy atom. The maximum atomic E-state index is 12.3. The Morgan fingerprint density at radius 3 is 2.84 bits per heavy atom. The molecular formula is C15H24N4O6. The van der Waals surface area contributed by atoms with Crippen LogP contribution in [0.25, 0.3) is 0 Å². The van der Waals surface area contributed by atoms with Gasteiger partial charge in [-0.3, -0.25) is 14.5 Å². The fourth-order valence-corrected chi connectivity index (χ4v) is 3.54. The maximum absolute atomic E-state index is 12.3. The first kappa shape index (κ1) is 17.9. The fraction of sp³-hybridized carbons (Fsp3) is 0.800. The van der Waals surface area contributed by atoms with Gasteiger partial charge in [-0.2, -0.15) is 5.06 Å². The van der Waals surface area contributed by atoms with Crippen molar-refractivity contribution in [2.24, 2.45) is 0 Å². The zero-order valence-electron chi connectivity index (χ0n) is 14.0. The monoisotopic (exact) mass is 356 g/mol. The molecular weight excluding hydrogens is 332 g/mol. The first-order chi connectivity index (χ1) is 12.1. The van der Waals surface area contributed by atoms with Gasteiger partial charge in [0.1, 0.15) is 6.04 Å². The highest BCUT2D eigenvalue weighted by Gasteiger charge is 2.48. The van der Waals surface area contributed by atoms with E-state index >= 15 is 0 Å². The minimum atomic E-state index is -1.15. The van der Waals surface area contributed by atoms with Crippen molar-refractivity contribution < 1.29 is 29.2 Å². The molecule has 10 nitrogen and oxygen atoms in total. The lowest BCUT2D eigenvalue weighted by molar-refractivity contribution is -0.167. The van der Waals surface area contributed by atoms with E-state index in [-0.39, 0.29) is 18.0 Å². The van der Waals surface area contributed by atoms with Crippen molar-refractivity contribution in [3.05, 3.63) is 0 Å². The van der Waals surface area contributed by atoms with E-state index in [1.165, 1.54) is 4.90 Å². The summed E-state index contributed by atoms with van der Waals surface area (Å²) in [6.07, 6.45) is 4.38. The van der Waals surface area contributed by atoms with Gasteiger partial charge in [0, 0.05) is 12.6 Å². The normalized spacial score (nSPS) is 29.0. The summed E-state index contributed by atoms with van der Waals surface area (Å²) in [6, 6.07) is -1.08. The van der Waals surface area contributed by atoms with E-state index in [4.69, 9.17) is 14.8 Å². The average molecular weight is 356 g/mol. The van der Waals surface area contributed by atoms with Gasteiger partial charge in [-0.25, -0.2) is 15.1 Å². The number of urea groups is 1. The lowest BCUT2D eigenvalue weighted by Gasteiger charge is -2.29. The summed E-state index contributed by atoms with van der Waals surface area (Å²) in [6.45, 7) is 1.12. The summed E-state index contributed by atoms with van der Waals surface area (Å²) in [5.74, 6) is -1.51. The van der Waals surface area contributed by atoms with Crippen LogP contribution >= 0.6 is 0 Å². The number of hydroxylamine groups is 3. The molecule has 2 bridgehead atoms. The topological polar surface area (TPSA) is 120 Å². The summed E-state index contributed by atoms with van der Waals surface area (Å²) in [5.41, 5.74) is 2.44. The highest BCUT2D eigenvalue weighted by atomic mass is 16.7. The fourth-order valence-electron chi connectivity index (χ4n) is 3.54. The van der Waals surface area contributed by atoms with E-state index in [1.54, 1.807) is 0 Å². The SMILES string of the molecule is O=C(O)CON1C(=O)N2C[C@H]1CC[C@@H]2C(=O)NOC[C@@H]1CCCCN1. The van der Waals surface area contributed by atoms with Crippen molar-refractivity contribution in [2.75, 3.05) is 26.3 Å². The first-order valence-corrected chi connectivity index (χ1v) is 8.66. The number of nitrogens with zero attached hydrogens (tertiary/aromatic N) is 2. The molecule has 3 N–H and O–H groups in total. The second-order valence-electron chi connectivity index (χ2n) is 6.60. The lowest BCUT2D eigenvalue weighted by Crippen LogP contribution is -2.50. The number of hydrogen-bond donors (Lipinski definition) is 3. The van der Waals surface area contributed by atoms with Crippen LogP contribution in [0.3, 0.4) is 0 Å². The molecule has 0 aromatic rings. The van der Waals surface area contributed by atoms with Gasteiger partial charge >= 0.3 is 12.0 Å². The Bertz CT molecular complexity index is 524. The molecule has 0 spiro atoms. The smallest absolute Gasteiger partial charge is 0.345 e. The standard InChI is InChI=1S/C15H24N4O6/c20-13(21)9-25-19-11-4-5-12(18(7-11)15(19)23)14(22)17-24-8-10-3-1-2-6-16-10/h10-12,16H,1-9H2,(H,17,22)(H,20,21)/t10-,11+,12+/m0/s1. The number of aliphatic carboxylic acids is 1. The largest absolute Gasteiger partial charge is 0.479 e. The number of hydrogen-bond acceptors (Lipinski definition) is 6. The molecule has 0 aromatic carbocycles. The van der Waals surface area contributed by atoms with Gasteiger partial charge in [0.15, 0.2) is 6.61 Å². The highest BCUT2D eigenvalue weighted by molar-refractivity contribution is 5.88. The van der Waals surface area contributed by atoms with Crippen LogP contribution in [0.2, 0.25) is 0 Å². The first-order valence-electron chi connectivity index (χ1n) is 8.66. The number of amides is 3. The van der Waals surface area contributed by atoms with Crippen LogP contribution in [0.5, 0.6) is 0 Å². The number of carbonyl (C=O) groups is 3. The number of carboxylic acids is 1. The van der Waals surface area contributed by atoms with Gasteiger partial charge < -0.3 is 15.3 Å². The van der Waals surface area contributed by atoms with Gasteiger partial charge in [-0.1, -0.05) is 6.42 Å². The number of nitrogens with one attached hydrogen (secondary N) is 2. The maximum Gasteiger partial charge on any atom is 0.345 e. The predicted molar refractivity (Wildman–Crippen MR) is 84.1 cm³/mol. The molecule has 0 unspecified atom stereocenters. The van der Waals surface area contributed by atoms with E-state index in [1.807, 2.05) is 0 Å². The van der Waals surface area contributed by atoms with Crippen molar-refractivity contribution >= 4 is 17.9 Å². The molecule has 3 amide bonds. The second-order valence-corrected chi connectivity index (χ2v) is 6.60. The van der Waals surface area contributed by atoms with Crippen molar-refractivity contribution in [2.45, 2.75) is 50.2 Å². The van der Waals surface area contributed by atoms with Gasteiger partial charge in [0.2, 0.25) is 0 Å². The zero-order chi connectivity index (χ0) is 17.8. The highest BCUT2D eigenvalue weighted by Crippen LogP contribution is 2.30. The van der Waals surface area contributed by atoms with E-state index in [9.17, 15) is 14.4 Å². The van der Waals surface area contributed by atoms with Gasteiger partial charge in [0.25, 0.3) is 5.91 Å². The van der Waals surface area contributed by atoms with Crippen LogP contribution in [0, 0.1) is 0 Å². The third kappa shape index (κ3) is 4.20. The quantitative estimate of drug-likeness (QED) is 0.524. The third-order valence-corrected chi connectivity index (χ3v) is 4.82. The zero-order valence-corrected chi connectivity index (χ0v) is 14.0. The van der Waals surface area contributed by atoms with Crippen LogP contribution in [0.1, 0.15) is 32.1 Å². The van der Waals surface area contributed by atoms with Crippen molar-refractivity contribution in [3.8, 4) is 0 Å². The van der Waals surface area contributed by atoms with Crippen LogP contribution in [-0.4, -0.2) is 77.4 Å². The molecule has 3 atom stereocenters. The molecule has 0 radical (unpaired) electrons. The Kier molecular flexibility index (Phi) is 5.71. The molecule has 0 aromatic heterocycles. The predicted octanol–water partition coefficient (Wildman–Crippen LogP) is -0.539. The Balaban J connectivity index is 1.47. The number of piperidine rings is 2. The van der Waals surface area contributed by atoms with Crippen LogP contribution in [-0.2, 0) is 19.3 Å². The Labute approximate surface area is 145 Å². The molecule has 0 aliphatic carbocycles. The number of carboxylic acid groups (broad SMARTS) is 1. The molecule has 3 heterocycles. The Hall–Kier alpha value is -1.91. The van der Waals surface area contributed by atoms with Gasteiger partial charge in [-0.15, -0.1) is 0 Å². The van der Waals surface area contributed by atoms with E-state index in [0.717, 1.165) is 30.9 Å². The van der Waals surface area contributed by atoms with Crippen LogP contribution in [0.15, 0.2) is 0 Å². The van der Waals surface area contributed by atoms with Crippen molar-refractivity contribution in [1.82, 2.24) is 20.8 Å². The van der Waals surface area contributed by atoms with E-state index in [0.29, 0.717) is 26.0 Å². The average Bonchev–Trinajstić information content (AvgIpc) is 2.84. The molecule has 3 fully saturated rings. The number of rotatable bonds is 7. The lowest BCUT2D eigenvalue weighted by atomic mass is 10.0. The molecule has 3 saturated heterocycles. The molecule has 3 aliphatic rings. The van der Waals surface area contributed by atoms with Crippen molar-refractivity contribution in [1.29, 1.82) is 0 Å². The molecule has 3 aliphatic heterocycles. The van der Waals surface area contributed by atoms with E-state index < -0.39 is 24.6 Å². The summed E-state index contributed by atoms with van der Waals surface area (Å²) in [4.78, 5) is 47.1. The van der Waals surface area contributed by atoms with E-state index in [2.05, 4.69) is 10.8 Å². The molecule has 3 rings (SSSR count). The third-order valence-electron chi connectivity index (χ3n) is 4.82. The summed E-state index contributed by atoms with van der Waals surface area (Å²) < 4.78 is 0. The van der Waals surface area contributed by atoms with Gasteiger partial charge in [0.05, 0.1) is 12.6 Å². The van der Waals surface area contributed by atoms with Crippen LogP contribution < -0.4 is 10.8 Å². The number of carbonyl (C=O) groups excluding carboxylic acids is 2. The molecule has 140 valence electrons. The molecule has 10 heteroatoms. The van der Waals surface area contributed by atoms with Crippen LogP contribution in [0.4, 0.5) is 4.79 Å². The minimum absolute atomic E-state index is 0.219. The van der Waals surface area contributed by atoms with Crippen molar-refractivity contribution in [3.63, 3.8) is 0 Å². The second kappa shape index (κ2) is 7.98. The van der Waals surface area contributed by atoms with Gasteiger partial charge in [-0.05, 0) is 32.2 Å². The molecule has 0 saturated carbocycles. The summed E-state index contributed by atoms with van der Waals surface area (Å²) in [7, 11) is 0.